The molecular weight excluding hydrogens is 466 g/mol. The molecule has 2 saturated heterocycles. The first-order chi connectivity index (χ1) is 16.9. The molecule has 1 aromatic heterocycles. The molecule has 0 aliphatic carbocycles. The van der Waals surface area contributed by atoms with Crippen LogP contribution in [0.2, 0.25) is 0 Å². The van der Waals surface area contributed by atoms with E-state index in [2.05, 4.69) is 4.98 Å². The molecule has 0 unspecified atom stereocenters. The molecule has 0 saturated carbocycles. The first kappa shape index (κ1) is 25.2. The third-order valence-electron chi connectivity index (χ3n) is 7.22. The van der Waals surface area contributed by atoms with E-state index in [0.717, 1.165) is 42.9 Å². The van der Waals surface area contributed by atoms with Gasteiger partial charge >= 0.3 is 0 Å². The van der Waals surface area contributed by atoms with Gasteiger partial charge in [0.15, 0.2) is 11.5 Å². The molecule has 0 bridgehead atoms. The zero-order valence-electron chi connectivity index (χ0n) is 20.8. The lowest BCUT2D eigenvalue weighted by molar-refractivity contribution is -0.130. The minimum atomic E-state index is 0.0452. The van der Waals surface area contributed by atoms with Crippen LogP contribution >= 0.6 is 11.8 Å². The van der Waals surface area contributed by atoms with Crippen LogP contribution in [0, 0.1) is 5.41 Å². The van der Waals surface area contributed by atoms with Crippen molar-refractivity contribution in [1.29, 1.82) is 0 Å². The Labute approximate surface area is 210 Å². The largest absolute Gasteiger partial charge is 0.493 e. The van der Waals surface area contributed by atoms with Gasteiger partial charge in [0.25, 0.3) is 5.91 Å². The lowest BCUT2D eigenvalue weighted by atomic mass is 9.77. The van der Waals surface area contributed by atoms with Gasteiger partial charge in [0.1, 0.15) is 5.03 Å². The fourth-order valence-corrected chi connectivity index (χ4v) is 5.75. The molecule has 0 radical (unpaired) electrons. The average Bonchev–Trinajstić information content (AvgIpc) is 3.31. The van der Waals surface area contributed by atoms with Gasteiger partial charge in [0.05, 0.1) is 33.3 Å². The first-order valence-electron chi connectivity index (χ1n) is 11.8. The van der Waals surface area contributed by atoms with Gasteiger partial charge < -0.3 is 24.0 Å². The van der Waals surface area contributed by atoms with Gasteiger partial charge in [0.2, 0.25) is 11.7 Å². The minimum absolute atomic E-state index is 0.0452. The summed E-state index contributed by atoms with van der Waals surface area (Å²) in [6.45, 7) is 2.87. The number of pyridine rings is 1. The van der Waals surface area contributed by atoms with Crippen molar-refractivity contribution in [3.63, 3.8) is 0 Å². The number of likely N-dealkylation sites (tertiary alicyclic amines) is 2. The summed E-state index contributed by atoms with van der Waals surface area (Å²) in [5.74, 6) is 1.71. The fraction of sp³-hybridized carbons (Fsp3) is 0.500. The molecule has 35 heavy (non-hydrogen) atoms. The summed E-state index contributed by atoms with van der Waals surface area (Å²) < 4.78 is 16.4. The van der Waals surface area contributed by atoms with Gasteiger partial charge in [-0.15, -0.1) is 11.8 Å². The second kappa shape index (κ2) is 10.8. The number of benzene rings is 1. The summed E-state index contributed by atoms with van der Waals surface area (Å²) in [6, 6.07) is 7.32. The predicted molar refractivity (Wildman–Crippen MR) is 135 cm³/mol. The van der Waals surface area contributed by atoms with Crippen molar-refractivity contribution < 1.29 is 23.8 Å². The van der Waals surface area contributed by atoms with Crippen molar-refractivity contribution in [2.45, 2.75) is 30.7 Å². The number of methoxy groups -OCH3 is 3. The number of aromatic nitrogens is 1. The Balaban J connectivity index is 1.38. The smallest absolute Gasteiger partial charge is 0.256 e. The van der Waals surface area contributed by atoms with Crippen LogP contribution in [0.3, 0.4) is 0 Å². The Morgan fingerprint density at radius 2 is 1.66 bits per heavy atom. The Kier molecular flexibility index (Phi) is 7.74. The molecule has 0 N–H and O–H groups in total. The van der Waals surface area contributed by atoms with Crippen molar-refractivity contribution >= 4 is 23.6 Å². The van der Waals surface area contributed by atoms with Crippen molar-refractivity contribution in [3.05, 3.63) is 41.6 Å². The maximum absolute atomic E-state index is 13.2. The van der Waals surface area contributed by atoms with Gasteiger partial charge in [-0.3, -0.25) is 9.59 Å². The van der Waals surface area contributed by atoms with Crippen LogP contribution in [-0.4, -0.2) is 80.4 Å². The van der Waals surface area contributed by atoms with Crippen molar-refractivity contribution in [3.8, 4) is 17.2 Å². The molecular formula is C26H33N3O5S. The molecule has 8 nitrogen and oxygen atoms in total. The number of hydrogen-bond acceptors (Lipinski definition) is 7. The zero-order chi connectivity index (χ0) is 25.0. The second-order valence-corrected chi connectivity index (χ2v) is 9.88. The lowest BCUT2D eigenvalue weighted by Gasteiger charge is -2.39. The van der Waals surface area contributed by atoms with E-state index in [1.54, 1.807) is 33.6 Å². The van der Waals surface area contributed by atoms with E-state index in [9.17, 15) is 9.59 Å². The normalized spacial score (nSPS) is 16.9. The highest BCUT2D eigenvalue weighted by atomic mass is 32.2. The van der Waals surface area contributed by atoms with Gasteiger partial charge in [0, 0.05) is 37.9 Å². The summed E-state index contributed by atoms with van der Waals surface area (Å²) in [4.78, 5) is 34.5. The fourth-order valence-electron chi connectivity index (χ4n) is 5.20. The molecule has 3 heterocycles. The van der Waals surface area contributed by atoms with Crippen LogP contribution in [0.25, 0.3) is 0 Å². The summed E-state index contributed by atoms with van der Waals surface area (Å²) in [6.07, 6.45) is 6.66. The quantitative estimate of drug-likeness (QED) is 0.539. The van der Waals surface area contributed by atoms with Crippen molar-refractivity contribution in [2.24, 2.45) is 5.41 Å². The Morgan fingerprint density at radius 3 is 2.29 bits per heavy atom. The zero-order valence-corrected chi connectivity index (χ0v) is 21.7. The third-order valence-corrected chi connectivity index (χ3v) is 7.94. The number of hydrogen-bond donors (Lipinski definition) is 0. The SMILES string of the molecule is COc1ccc(CC(=O)N2CCC3(CCN(C(=O)c4cccnc4SC)CC3)C2)c(OC)c1OC. The van der Waals surface area contributed by atoms with Crippen LogP contribution in [0.1, 0.15) is 35.2 Å². The number of ether oxygens (including phenoxy) is 3. The van der Waals surface area contributed by atoms with Crippen molar-refractivity contribution in [2.75, 3.05) is 53.8 Å². The van der Waals surface area contributed by atoms with E-state index in [1.165, 1.54) is 11.8 Å². The average molecular weight is 500 g/mol. The number of amides is 2. The predicted octanol–water partition coefficient (Wildman–Crippen LogP) is 3.53. The van der Waals surface area contributed by atoms with Gasteiger partial charge in [-0.05, 0) is 49.1 Å². The summed E-state index contributed by atoms with van der Waals surface area (Å²) in [5.41, 5.74) is 1.52. The molecule has 2 amide bonds. The van der Waals surface area contributed by atoms with E-state index in [1.807, 2.05) is 34.3 Å². The van der Waals surface area contributed by atoms with E-state index in [0.29, 0.717) is 35.9 Å². The molecule has 9 heteroatoms. The van der Waals surface area contributed by atoms with Gasteiger partial charge in [-0.2, -0.15) is 0 Å². The molecule has 0 atom stereocenters. The number of carbonyl (C=O) groups excluding carboxylic acids is 2. The Bertz CT molecular complexity index is 1080. The van der Waals surface area contributed by atoms with Crippen molar-refractivity contribution in [1.82, 2.24) is 14.8 Å². The van der Waals surface area contributed by atoms with E-state index >= 15 is 0 Å². The molecule has 2 aliphatic heterocycles. The molecule has 2 aliphatic rings. The highest BCUT2D eigenvalue weighted by Gasteiger charge is 2.43. The van der Waals surface area contributed by atoms with Crippen LogP contribution in [0.4, 0.5) is 0 Å². The summed E-state index contributed by atoms with van der Waals surface area (Å²) in [7, 11) is 4.70. The summed E-state index contributed by atoms with van der Waals surface area (Å²) in [5, 5.41) is 0.765. The monoisotopic (exact) mass is 499 g/mol. The van der Waals surface area contributed by atoms with Crippen LogP contribution in [0.5, 0.6) is 17.2 Å². The maximum atomic E-state index is 13.2. The second-order valence-electron chi connectivity index (χ2n) is 9.09. The van der Waals surface area contributed by atoms with Gasteiger partial charge in [-0.1, -0.05) is 6.07 Å². The molecule has 4 rings (SSSR count). The highest BCUT2D eigenvalue weighted by molar-refractivity contribution is 7.98. The lowest BCUT2D eigenvalue weighted by Crippen LogP contribution is -2.45. The van der Waals surface area contributed by atoms with E-state index in [4.69, 9.17) is 14.2 Å². The van der Waals surface area contributed by atoms with Crippen LogP contribution < -0.4 is 14.2 Å². The Hall–Kier alpha value is -2.94. The number of nitrogens with zero attached hydrogens (tertiary/aromatic N) is 3. The van der Waals surface area contributed by atoms with Crippen LogP contribution in [-0.2, 0) is 11.2 Å². The minimum Gasteiger partial charge on any atom is -0.493 e. The topological polar surface area (TPSA) is 81.2 Å². The number of thioether (sulfide) groups is 1. The van der Waals surface area contributed by atoms with E-state index in [-0.39, 0.29) is 23.7 Å². The molecule has 1 aromatic carbocycles. The summed E-state index contributed by atoms with van der Waals surface area (Å²) >= 11 is 1.49. The number of carbonyl (C=O) groups is 2. The first-order valence-corrected chi connectivity index (χ1v) is 13.0. The number of rotatable bonds is 7. The molecule has 1 spiro atoms. The molecule has 188 valence electrons. The van der Waals surface area contributed by atoms with E-state index < -0.39 is 0 Å². The molecule has 2 fully saturated rings. The molecule has 2 aromatic rings. The third kappa shape index (κ3) is 5.05. The van der Waals surface area contributed by atoms with Gasteiger partial charge in [-0.25, -0.2) is 4.98 Å². The standard InChI is InChI=1S/C26H33N3O5S/c1-32-20-8-7-18(22(33-2)23(20)34-3)16-21(30)29-15-11-26(17-29)9-13-28(14-10-26)25(31)19-6-5-12-27-24(19)35-4/h5-8,12H,9-11,13-17H2,1-4H3. The Morgan fingerprint density at radius 1 is 0.971 bits per heavy atom. The maximum Gasteiger partial charge on any atom is 0.256 e. The highest BCUT2D eigenvalue weighted by Crippen LogP contribution is 2.42. The van der Waals surface area contributed by atoms with Crippen LogP contribution in [0.15, 0.2) is 35.5 Å². The number of piperidine rings is 1.